The van der Waals surface area contributed by atoms with Gasteiger partial charge in [-0.2, -0.15) is 0 Å². The molecule has 0 saturated heterocycles. The minimum absolute atomic E-state index is 0.105. The highest BCUT2D eigenvalue weighted by atomic mass is 16.4. The summed E-state index contributed by atoms with van der Waals surface area (Å²) in [5.41, 5.74) is -0.538. The molecule has 0 bridgehead atoms. The van der Waals surface area contributed by atoms with Crippen molar-refractivity contribution in [1.29, 1.82) is 0 Å². The lowest BCUT2D eigenvalue weighted by Gasteiger charge is -2.18. The molecule has 1 aliphatic rings. The fraction of sp³-hybridized carbons (Fsp3) is 0.167. The predicted molar refractivity (Wildman–Crippen MR) is 58.2 cm³/mol. The van der Waals surface area contributed by atoms with Crippen LogP contribution in [0.2, 0.25) is 0 Å². The highest BCUT2D eigenvalue weighted by molar-refractivity contribution is 5.34. The Balaban J connectivity index is 2.22. The third kappa shape index (κ3) is 2.02. The summed E-state index contributed by atoms with van der Waals surface area (Å²) in [6.07, 6.45) is 6.38. The molecule has 1 aliphatic carbocycles. The molecule has 76 valence electrons. The van der Waals surface area contributed by atoms with Gasteiger partial charge in [0.2, 0.25) is 5.72 Å². The van der Waals surface area contributed by atoms with Crippen LogP contribution in [0.15, 0.2) is 59.8 Å². The van der Waals surface area contributed by atoms with Gasteiger partial charge < -0.3 is 5.11 Å². The number of nitroso groups, excluding NO2 is 1. The standard InChI is InChI=1S/C12H11NO2/c14-12(13-15)8-6-11(7-9-12)10-4-2-1-3-5-10/h1-9,11,14H. The Hall–Kier alpha value is -1.74. The molecule has 0 saturated carbocycles. The number of nitrogens with zero attached hydrogens (tertiary/aromatic N) is 1. The molecule has 3 nitrogen and oxygen atoms in total. The monoisotopic (exact) mass is 201 g/mol. The van der Waals surface area contributed by atoms with Crippen LogP contribution in [0.25, 0.3) is 0 Å². The third-order valence-corrected chi connectivity index (χ3v) is 2.43. The van der Waals surface area contributed by atoms with E-state index in [9.17, 15) is 10.0 Å². The van der Waals surface area contributed by atoms with E-state index in [1.807, 2.05) is 30.3 Å². The van der Waals surface area contributed by atoms with Crippen molar-refractivity contribution >= 4 is 0 Å². The third-order valence-electron chi connectivity index (χ3n) is 2.43. The molecule has 0 unspecified atom stereocenters. The molecule has 1 aromatic carbocycles. The Morgan fingerprint density at radius 3 is 2.27 bits per heavy atom. The largest absolute Gasteiger partial charge is 0.360 e. The summed E-state index contributed by atoms with van der Waals surface area (Å²) < 4.78 is 0. The van der Waals surface area contributed by atoms with Gasteiger partial charge in [0.05, 0.1) is 0 Å². The van der Waals surface area contributed by atoms with Gasteiger partial charge in [0, 0.05) is 5.92 Å². The number of hydrogen-bond acceptors (Lipinski definition) is 3. The Labute approximate surface area is 87.7 Å². The van der Waals surface area contributed by atoms with E-state index in [2.05, 4.69) is 5.18 Å². The Morgan fingerprint density at radius 2 is 1.73 bits per heavy atom. The molecule has 0 fully saturated rings. The molecule has 15 heavy (non-hydrogen) atoms. The maximum absolute atomic E-state index is 10.3. The summed E-state index contributed by atoms with van der Waals surface area (Å²) in [6, 6.07) is 9.85. The van der Waals surface area contributed by atoms with E-state index in [0.717, 1.165) is 5.56 Å². The second-order valence-corrected chi connectivity index (χ2v) is 3.53. The number of allylic oxidation sites excluding steroid dienone is 2. The van der Waals surface area contributed by atoms with E-state index >= 15 is 0 Å². The predicted octanol–water partition coefficient (Wildman–Crippen LogP) is 2.35. The normalized spacial score (nSPS) is 29.0. The first-order chi connectivity index (χ1) is 7.23. The average Bonchev–Trinajstić information content (AvgIpc) is 2.31. The first kappa shape index (κ1) is 9.80. The van der Waals surface area contributed by atoms with Crippen LogP contribution in [0.3, 0.4) is 0 Å². The van der Waals surface area contributed by atoms with Crippen molar-refractivity contribution in [3.63, 3.8) is 0 Å². The second kappa shape index (κ2) is 3.79. The molecule has 3 heteroatoms. The smallest absolute Gasteiger partial charge is 0.235 e. The van der Waals surface area contributed by atoms with Crippen molar-refractivity contribution in [3.05, 3.63) is 65.1 Å². The van der Waals surface area contributed by atoms with Crippen LogP contribution in [0, 0.1) is 4.91 Å². The van der Waals surface area contributed by atoms with E-state index in [1.165, 1.54) is 12.2 Å². The maximum atomic E-state index is 10.3. The van der Waals surface area contributed by atoms with Gasteiger partial charge >= 0.3 is 0 Å². The number of benzene rings is 1. The van der Waals surface area contributed by atoms with E-state index < -0.39 is 5.72 Å². The van der Waals surface area contributed by atoms with E-state index in [1.54, 1.807) is 12.2 Å². The molecular weight excluding hydrogens is 190 g/mol. The van der Waals surface area contributed by atoms with Crippen LogP contribution in [-0.2, 0) is 0 Å². The van der Waals surface area contributed by atoms with Crippen molar-refractivity contribution in [2.24, 2.45) is 5.18 Å². The first-order valence-electron chi connectivity index (χ1n) is 4.74. The van der Waals surface area contributed by atoms with Gasteiger partial charge in [-0.25, -0.2) is 0 Å². The fourth-order valence-corrected chi connectivity index (χ4v) is 1.57. The van der Waals surface area contributed by atoms with Gasteiger partial charge in [-0.1, -0.05) is 42.5 Å². The summed E-state index contributed by atoms with van der Waals surface area (Å²) >= 11 is 0. The molecule has 0 radical (unpaired) electrons. The van der Waals surface area contributed by atoms with Gasteiger partial charge in [0.1, 0.15) is 0 Å². The summed E-state index contributed by atoms with van der Waals surface area (Å²) in [5.74, 6) is 0.105. The van der Waals surface area contributed by atoms with Crippen LogP contribution in [0.5, 0.6) is 0 Å². The minimum atomic E-state index is -1.66. The topological polar surface area (TPSA) is 49.7 Å². The number of hydrogen-bond donors (Lipinski definition) is 1. The van der Waals surface area contributed by atoms with Gasteiger partial charge in [0.25, 0.3) is 0 Å². The summed E-state index contributed by atoms with van der Waals surface area (Å²) in [4.78, 5) is 10.3. The van der Waals surface area contributed by atoms with Crippen LogP contribution in [0.4, 0.5) is 0 Å². The van der Waals surface area contributed by atoms with Gasteiger partial charge in [0.15, 0.2) is 0 Å². The molecule has 1 N–H and O–H groups in total. The lowest BCUT2D eigenvalue weighted by Crippen LogP contribution is -2.21. The molecule has 1 aromatic rings. The van der Waals surface area contributed by atoms with E-state index in [-0.39, 0.29) is 5.92 Å². The SMILES string of the molecule is O=NC1(O)C=CC(c2ccccc2)C=C1. The van der Waals surface area contributed by atoms with Gasteiger partial charge in [-0.05, 0) is 22.9 Å². The van der Waals surface area contributed by atoms with Crippen molar-refractivity contribution in [1.82, 2.24) is 0 Å². The lowest BCUT2D eigenvalue weighted by molar-refractivity contribution is 0.149. The van der Waals surface area contributed by atoms with Crippen molar-refractivity contribution in [2.45, 2.75) is 11.6 Å². The number of rotatable bonds is 2. The fourth-order valence-electron chi connectivity index (χ4n) is 1.57. The summed E-state index contributed by atoms with van der Waals surface area (Å²) in [5, 5.41) is 12.1. The zero-order valence-electron chi connectivity index (χ0n) is 8.08. The van der Waals surface area contributed by atoms with Gasteiger partial charge in [-0.3, -0.25) is 0 Å². The first-order valence-corrected chi connectivity index (χ1v) is 4.74. The Bertz CT molecular complexity index is 395. The second-order valence-electron chi connectivity index (χ2n) is 3.53. The number of aliphatic hydroxyl groups is 1. The zero-order valence-corrected chi connectivity index (χ0v) is 8.08. The quantitative estimate of drug-likeness (QED) is 0.589. The molecule has 0 amide bonds. The Morgan fingerprint density at radius 1 is 1.13 bits per heavy atom. The molecule has 2 rings (SSSR count). The van der Waals surface area contributed by atoms with Crippen LogP contribution in [0.1, 0.15) is 11.5 Å². The maximum Gasteiger partial charge on any atom is 0.235 e. The Kier molecular flexibility index (Phi) is 2.47. The molecule has 0 aromatic heterocycles. The summed E-state index contributed by atoms with van der Waals surface area (Å²) in [7, 11) is 0. The molecule has 0 aliphatic heterocycles. The van der Waals surface area contributed by atoms with E-state index in [0.29, 0.717) is 0 Å². The molecular formula is C12H11NO2. The van der Waals surface area contributed by atoms with E-state index in [4.69, 9.17) is 0 Å². The highest BCUT2D eigenvalue weighted by Crippen LogP contribution is 2.26. The van der Waals surface area contributed by atoms with Crippen LogP contribution >= 0.6 is 0 Å². The van der Waals surface area contributed by atoms with Crippen molar-refractivity contribution in [2.75, 3.05) is 0 Å². The highest BCUT2D eigenvalue weighted by Gasteiger charge is 2.24. The minimum Gasteiger partial charge on any atom is -0.360 e. The molecule has 0 spiro atoms. The van der Waals surface area contributed by atoms with Crippen molar-refractivity contribution in [3.8, 4) is 0 Å². The zero-order chi connectivity index (χ0) is 10.7. The summed E-state index contributed by atoms with van der Waals surface area (Å²) in [6.45, 7) is 0. The van der Waals surface area contributed by atoms with Crippen LogP contribution in [-0.4, -0.2) is 10.8 Å². The van der Waals surface area contributed by atoms with Gasteiger partial charge in [-0.15, -0.1) is 4.91 Å². The van der Waals surface area contributed by atoms with Crippen molar-refractivity contribution < 1.29 is 5.11 Å². The molecule has 0 heterocycles. The lowest BCUT2D eigenvalue weighted by atomic mass is 9.92. The average molecular weight is 201 g/mol. The molecule has 0 atom stereocenters. The van der Waals surface area contributed by atoms with Crippen LogP contribution < -0.4 is 0 Å².